The van der Waals surface area contributed by atoms with Gasteiger partial charge in [-0.25, -0.2) is 4.98 Å². The fraction of sp³-hybridized carbons (Fsp3) is 0.364. The molecular formula is C22H27N3OS. The summed E-state index contributed by atoms with van der Waals surface area (Å²) in [7, 11) is 3.86. The predicted molar refractivity (Wildman–Crippen MR) is 113 cm³/mol. The van der Waals surface area contributed by atoms with Gasteiger partial charge in [0.05, 0.1) is 22.8 Å². The summed E-state index contributed by atoms with van der Waals surface area (Å²) in [5, 5.41) is 0.976. The summed E-state index contributed by atoms with van der Waals surface area (Å²) in [4.78, 5) is 21.3. The Hall–Kier alpha value is -2.24. The molecule has 1 aromatic heterocycles. The summed E-state index contributed by atoms with van der Waals surface area (Å²) in [6.45, 7) is 7.42. The number of aryl methyl sites for hydroxylation is 2. The summed E-state index contributed by atoms with van der Waals surface area (Å²) in [6.07, 6.45) is 0. The lowest BCUT2D eigenvalue weighted by Crippen LogP contribution is -2.37. The number of likely N-dealkylation sites (N-methyl/N-ethyl adjacent to an activating group) is 2. The third kappa shape index (κ3) is 4.54. The molecule has 2 aromatic carbocycles. The second-order valence-corrected chi connectivity index (χ2v) is 8.36. The number of hydrogen-bond donors (Lipinski definition) is 0. The van der Waals surface area contributed by atoms with Gasteiger partial charge in [0, 0.05) is 13.6 Å². The zero-order chi connectivity index (χ0) is 19.6. The van der Waals surface area contributed by atoms with Crippen LogP contribution in [0.5, 0.6) is 0 Å². The van der Waals surface area contributed by atoms with Crippen molar-refractivity contribution in [3.63, 3.8) is 0 Å². The van der Waals surface area contributed by atoms with Gasteiger partial charge in [-0.15, -0.1) is 11.3 Å². The lowest BCUT2D eigenvalue weighted by atomic mass is 10.1. The third-order valence-electron chi connectivity index (χ3n) is 4.99. The first-order chi connectivity index (χ1) is 12.8. The number of carbonyl (C=O) groups is 1. The number of thiazole rings is 1. The van der Waals surface area contributed by atoms with Crippen molar-refractivity contribution in [3.8, 4) is 0 Å². The molecule has 3 aromatic rings. The second-order valence-electron chi connectivity index (χ2n) is 7.30. The van der Waals surface area contributed by atoms with Crippen molar-refractivity contribution < 1.29 is 4.79 Å². The number of nitrogens with zero attached hydrogens (tertiary/aromatic N) is 3. The minimum absolute atomic E-state index is 0.0376. The summed E-state index contributed by atoms with van der Waals surface area (Å²) in [5.41, 5.74) is 4.79. The number of benzene rings is 2. The van der Waals surface area contributed by atoms with Crippen molar-refractivity contribution in [2.24, 2.45) is 0 Å². The molecule has 27 heavy (non-hydrogen) atoms. The van der Waals surface area contributed by atoms with E-state index < -0.39 is 0 Å². The van der Waals surface area contributed by atoms with Gasteiger partial charge in [-0.3, -0.25) is 9.69 Å². The van der Waals surface area contributed by atoms with Crippen molar-refractivity contribution >= 4 is 27.5 Å². The number of amides is 1. The molecule has 0 saturated carbocycles. The smallest absolute Gasteiger partial charge is 0.237 e. The fourth-order valence-electron chi connectivity index (χ4n) is 3.16. The molecule has 142 valence electrons. The van der Waals surface area contributed by atoms with Crippen LogP contribution >= 0.6 is 11.3 Å². The average molecular weight is 382 g/mol. The summed E-state index contributed by atoms with van der Waals surface area (Å²) in [6, 6.07) is 14.5. The molecule has 0 radical (unpaired) electrons. The van der Waals surface area contributed by atoms with Gasteiger partial charge in [0.25, 0.3) is 0 Å². The Morgan fingerprint density at radius 2 is 1.89 bits per heavy atom. The molecule has 0 aliphatic heterocycles. The Morgan fingerprint density at radius 3 is 2.59 bits per heavy atom. The first-order valence-corrected chi connectivity index (χ1v) is 10.0. The SMILES string of the molecule is Cc1ccc(CN(C)CC(=O)N(C)[C@H](C)c2nc3ccccc3s2)c(C)c1. The van der Waals surface area contributed by atoms with Crippen LogP contribution in [0, 0.1) is 13.8 Å². The van der Waals surface area contributed by atoms with Crippen molar-refractivity contribution in [2.75, 3.05) is 20.6 Å². The van der Waals surface area contributed by atoms with Crippen LogP contribution in [0.25, 0.3) is 10.2 Å². The van der Waals surface area contributed by atoms with E-state index >= 15 is 0 Å². The van der Waals surface area contributed by atoms with Crippen molar-refractivity contribution in [3.05, 3.63) is 64.2 Å². The molecule has 1 heterocycles. The minimum Gasteiger partial charge on any atom is -0.335 e. The maximum Gasteiger partial charge on any atom is 0.237 e. The Balaban J connectivity index is 1.63. The van der Waals surface area contributed by atoms with E-state index in [4.69, 9.17) is 4.98 Å². The van der Waals surface area contributed by atoms with Gasteiger partial charge in [-0.2, -0.15) is 0 Å². The molecule has 0 unspecified atom stereocenters. The van der Waals surface area contributed by atoms with Crippen LogP contribution in [0.4, 0.5) is 0 Å². The van der Waals surface area contributed by atoms with Gasteiger partial charge >= 0.3 is 0 Å². The van der Waals surface area contributed by atoms with E-state index in [9.17, 15) is 4.79 Å². The molecule has 5 heteroatoms. The summed E-state index contributed by atoms with van der Waals surface area (Å²) in [5.74, 6) is 0.106. The first kappa shape index (κ1) is 19.5. The van der Waals surface area contributed by atoms with Crippen LogP contribution in [0.1, 0.15) is 34.7 Å². The van der Waals surface area contributed by atoms with Gasteiger partial charge < -0.3 is 4.90 Å². The van der Waals surface area contributed by atoms with Crippen LogP contribution < -0.4 is 0 Å². The standard InChI is InChI=1S/C22H27N3OS/c1-15-10-11-18(16(2)12-15)13-24(4)14-21(26)25(5)17(3)22-23-19-8-6-7-9-20(19)27-22/h6-12,17H,13-14H2,1-5H3/t17-/m1/s1. The molecule has 0 aliphatic rings. The number of fused-ring (bicyclic) bond motifs is 1. The molecule has 0 aliphatic carbocycles. The van der Waals surface area contributed by atoms with Crippen molar-refractivity contribution in [2.45, 2.75) is 33.4 Å². The Kier molecular flexibility index (Phi) is 5.92. The van der Waals surface area contributed by atoms with Crippen LogP contribution in [0.2, 0.25) is 0 Å². The van der Waals surface area contributed by atoms with E-state index in [0.717, 1.165) is 21.8 Å². The van der Waals surface area contributed by atoms with E-state index in [0.29, 0.717) is 6.54 Å². The van der Waals surface area contributed by atoms with Crippen molar-refractivity contribution in [1.82, 2.24) is 14.8 Å². The topological polar surface area (TPSA) is 36.4 Å². The highest BCUT2D eigenvalue weighted by Crippen LogP contribution is 2.28. The average Bonchev–Trinajstić information content (AvgIpc) is 3.07. The van der Waals surface area contributed by atoms with E-state index in [1.165, 1.54) is 16.7 Å². The molecule has 0 bridgehead atoms. The molecule has 0 saturated heterocycles. The number of rotatable bonds is 6. The van der Waals surface area contributed by atoms with E-state index in [-0.39, 0.29) is 11.9 Å². The Morgan fingerprint density at radius 1 is 1.15 bits per heavy atom. The number of carbonyl (C=O) groups excluding carboxylic acids is 1. The molecule has 3 rings (SSSR count). The van der Waals surface area contributed by atoms with Gasteiger partial charge in [-0.05, 0) is 51.1 Å². The van der Waals surface area contributed by atoms with E-state index in [1.807, 2.05) is 39.2 Å². The first-order valence-electron chi connectivity index (χ1n) is 9.21. The largest absolute Gasteiger partial charge is 0.335 e. The summed E-state index contributed by atoms with van der Waals surface area (Å²) < 4.78 is 1.16. The number of para-hydroxylation sites is 1. The highest BCUT2D eigenvalue weighted by Gasteiger charge is 2.21. The Labute approximate surface area is 165 Å². The number of hydrogen-bond acceptors (Lipinski definition) is 4. The van der Waals surface area contributed by atoms with E-state index in [2.05, 4.69) is 43.0 Å². The maximum absolute atomic E-state index is 12.8. The van der Waals surface area contributed by atoms with Crippen LogP contribution in [0.3, 0.4) is 0 Å². The van der Waals surface area contributed by atoms with Gasteiger partial charge in [-0.1, -0.05) is 35.9 Å². The van der Waals surface area contributed by atoms with E-state index in [1.54, 1.807) is 16.2 Å². The zero-order valence-electron chi connectivity index (χ0n) is 16.7. The zero-order valence-corrected chi connectivity index (χ0v) is 17.5. The lowest BCUT2D eigenvalue weighted by Gasteiger charge is -2.26. The summed E-state index contributed by atoms with van der Waals surface area (Å²) >= 11 is 1.66. The van der Waals surface area contributed by atoms with Crippen LogP contribution in [-0.2, 0) is 11.3 Å². The maximum atomic E-state index is 12.8. The van der Waals surface area contributed by atoms with Crippen LogP contribution in [-0.4, -0.2) is 41.3 Å². The van der Waals surface area contributed by atoms with Crippen molar-refractivity contribution in [1.29, 1.82) is 0 Å². The molecule has 0 N–H and O–H groups in total. The molecule has 0 spiro atoms. The molecule has 1 amide bonds. The molecular weight excluding hydrogens is 354 g/mol. The predicted octanol–water partition coefficient (Wildman–Crippen LogP) is 4.56. The Bertz CT molecular complexity index is 917. The third-order valence-corrected chi connectivity index (χ3v) is 6.19. The lowest BCUT2D eigenvalue weighted by molar-refractivity contribution is -0.132. The van der Waals surface area contributed by atoms with Gasteiger partial charge in [0.15, 0.2) is 0 Å². The molecule has 1 atom stereocenters. The highest BCUT2D eigenvalue weighted by molar-refractivity contribution is 7.18. The van der Waals surface area contributed by atoms with Gasteiger partial charge in [0.1, 0.15) is 5.01 Å². The van der Waals surface area contributed by atoms with Gasteiger partial charge in [0.2, 0.25) is 5.91 Å². The molecule has 4 nitrogen and oxygen atoms in total. The second kappa shape index (κ2) is 8.19. The number of aromatic nitrogens is 1. The minimum atomic E-state index is -0.0376. The fourth-order valence-corrected chi connectivity index (χ4v) is 4.23. The quantitative estimate of drug-likeness (QED) is 0.628. The highest BCUT2D eigenvalue weighted by atomic mass is 32.1. The van der Waals surface area contributed by atoms with Crippen LogP contribution in [0.15, 0.2) is 42.5 Å². The monoisotopic (exact) mass is 381 g/mol. The molecule has 0 fully saturated rings. The normalized spacial score (nSPS) is 12.5.